The van der Waals surface area contributed by atoms with Crippen molar-refractivity contribution in [3.63, 3.8) is 0 Å². The van der Waals surface area contributed by atoms with Gasteiger partial charge in [-0.1, -0.05) is 18.2 Å². The lowest BCUT2D eigenvalue weighted by Gasteiger charge is -2.24. The number of hydrogen-bond acceptors (Lipinski definition) is 4. The molecule has 1 saturated heterocycles. The van der Waals surface area contributed by atoms with E-state index in [1.54, 1.807) is 23.3 Å². The van der Waals surface area contributed by atoms with Crippen LogP contribution in [0.5, 0.6) is 5.75 Å². The number of amides is 2. The molecule has 0 bridgehead atoms. The van der Waals surface area contributed by atoms with Crippen molar-refractivity contribution in [2.45, 2.75) is 31.8 Å². The van der Waals surface area contributed by atoms with Crippen molar-refractivity contribution in [2.75, 3.05) is 13.2 Å². The first-order valence-electron chi connectivity index (χ1n) is 8.51. The lowest BCUT2D eigenvalue weighted by Crippen LogP contribution is -2.46. The number of hydrogen-bond donors (Lipinski definition) is 1. The number of furan rings is 1. The number of nitrogens with zero attached hydrogens (tertiary/aromatic N) is 1. The van der Waals surface area contributed by atoms with Crippen LogP contribution in [0.25, 0.3) is 0 Å². The quantitative estimate of drug-likeness (QED) is 0.838. The van der Waals surface area contributed by atoms with E-state index in [0.29, 0.717) is 31.9 Å². The Morgan fingerprint density at radius 1 is 1.20 bits per heavy atom. The summed E-state index contributed by atoms with van der Waals surface area (Å²) in [6.07, 6.45) is 3.36. The molecule has 1 aliphatic rings. The molecule has 1 aromatic heterocycles. The summed E-state index contributed by atoms with van der Waals surface area (Å²) in [5, 5.41) is 2.84. The summed E-state index contributed by atoms with van der Waals surface area (Å²) in [5.74, 6) is 1.25. The largest absolute Gasteiger partial charge is 0.493 e. The molecule has 0 saturated carbocycles. The summed E-state index contributed by atoms with van der Waals surface area (Å²) in [6, 6.07) is 12.6. The fourth-order valence-electron chi connectivity index (χ4n) is 2.96. The molecule has 2 aromatic rings. The van der Waals surface area contributed by atoms with Gasteiger partial charge in [-0.15, -0.1) is 0 Å². The number of carbonyl (C=O) groups is 2. The number of rotatable bonds is 7. The molecule has 0 unspecified atom stereocenters. The molecule has 6 heteroatoms. The number of benzene rings is 1. The minimum absolute atomic E-state index is 0.0495. The van der Waals surface area contributed by atoms with Gasteiger partial charge >= 0.3 is 0 Å². The van der Waals surface area contributed by atoms with E-state index in [0.717, 1.165) is 12.2 Å². The molecule has 132 valence electrons. The molecule has 1 aliphatic heterocycles. The van der Waals surface area contributed by atoms with Crippen LogP contribution in [0.3, 0.4) is 0 Å². The van der Waals surface area contributed by atoms with Crippen LogP contribution in [-0.2, 0) is 16.1 Å². The van der Waals surface area contributed by atoms with E-state index >= 15 is 0 Å². The molecule has 3 rings (SSSR count). The second-order valence-corrected chi connectivity index (χ2v) is 5.95. The lowest BCUT2D eigenvalue weighted by molar-refractivity contribution is -0.138. The molecule has 1 fully saturated rings. The molecule has 2 heterocycles. The molecular formula is C19H22N2O4. The summed E-state index contributed by atoms with van der Waals surface area (Å²) in [7, 11) is 0. The SMILES string of the molecule is O=C(NCc1ccco1)[C@H]1CCCN1C(=O)CCOc1ccccc1. The van der Waals surface area contributed by atoms with Gasteiger partial charge in [0.2, 0.25) is 11.8 Å². The topological polar surface area (TPSA) is 71.8 Å². The van der Waals surface area contributed by atoms with Crippen molar-refractivity contribution in [1.29, 1.82) is 0 Å². The van der Waals surface area contributed by atoms with Crippen molar-refractivity contribution in [3.8, 4) is 5.75 Å². The molecule has 2 amide bonds. The monoisotopic (exact) mass is 342 g/mol. The smallest absolute Gasteiger partial charge is 0.243 e. The Morgan fingerprint density at radius 2 is 2.04 bits per heavy atom. The van der Waals surface area contributed by atoms with Gasteiger partial charge in [-0.3, -0.25) is 9.59 Å². The second kappa shape index (κ2) is 8.37. The highest BCUT2D eigenvalue weighted by molar-refractivity contribution is 5.88. The average Bonchev–Trinajstić information content (AvgIpc) is 3.32. The third-order valence-corrected chi connectivity index (χ3v) is 4.22. The van der Waals surface area contributed by atoms with Crippen LogP contribution in [-0.4, -0.2) is 35.9 Å². The Balaban J connectivity index is 1.46. The van der Waals surface area contributed by atoms with Gasteiger partial charge in [0.25, 0.3) is 0 Å². The maximum absolute atomic E-state index is 12.4. The van der Waals surface area contributed by atoms with Crippen LogP contribution in [0.15, 0.2) is 53.1 Å². The van der Waals surface area contributed by atoms with Crippen LogP contribution < -0.4 is 10.1 Å². The molecule has 1 N–H and O–H groups in total. The summed E-state index contributed by atoms with van der Waals surface area (Å²) in [6.45, 7) is 1.25. The highest BCUT2D eigenvalue weighted by atomic mass is 16.5. The number of carbonyl (C=O) groups excluding carboxylic acids is 2. The third-order valence-electron chi connectivity index (χ3n) is 4.22. The van der Waals surface area contributed by atoms with Crippen molar-refractivity contribution in [1.82, 2.24) is 10.2 Å². The predicted octanol–water partition coefficient (Wildman–Crippen LogP) is 2.36. The first-order valence-corrected chi connectivity index (χ1v) is 8.51. The summed E-state index contributed by atoms with van der Waals surface area (Å²) in [4.78, 5) is 26.5. The van der Waals surface area contributed by atoms with Crippen molar-refractivity contribution in [2.24, 2.45) is 0 Å². The number of para-hydroxylation sites is 1. The van der Waals surface area contributed by atoms with E-state index in [1.807, 2.05) is 30.3 Å². The van der Waals surface area contributed by atoms with Gasteiger partial charge in [-0.2, -0.15) is 0 Å². The Hall–Kier alpha value is -2.76. The van der Waals surface area contributed by atoms with Crippen LogP contribution in [0, 0.1) is 0 Å². The van der Waals surface area contributed by atoms with E-state index in [4.69, 9.17) is 9.15 Å². The van der Waals surface area contributed by atoms with Crippen LogP contribution in [0.1, 0.15) is 25.0 Å². The maximum atomic E-state index is 12.4. The highest BCUT2D eigenvalue weighted by Gasteiger charge is 2.33. The van der Waals surface area contributed by atoms with Gasteiger partial charge in [0, 0.05) is 6.54 Å². The first-order chi connectivity index (χ1) is 12.2. The second-order valence-electron chi connectivity index (χ2n) is 5.95. The zero-order valence-corrected chi connectivity index (χ0v) is 14.0. The molecule has 0 spiro atoms. The molecule has 0 aliphatic carbocycles. The first kappa shape index (κ1) is 17.1. The number of nitrogens with one attached hydrogen (secondary N) is 1. The van der Waals surface area contributed by atoms with E-state index < -0.39 is 6.04 Å². The predicted molar refractivity (Wildman–Crippen MR) is 91.8 cm³/mol. The van der Waals surface area contributed by atoms with Gasteiger partial charge in [0.1, 0.15) is 17.6 Å². The fourth-order valence-corrected chi connectivity index (χ4v) is 2.96. The van der Waals surface area contributed by atoms with Gasteiger partial charge in [0.15, 0.2) is 0 Å². The van der Waals surface area contributed by atoms with Crippen molar-refractivity contribution < 1.29 is 18.7 Å². The molecule has 0 radical (unpaired) electrons. The van der Waals surface area contributed by atoms with E-state index in [1.165, 1.54) is 0 Å². The van der Waals surface area contributed by atoms with Crippen LogP contribution in [0.2, 0.25) is 0 Å². The summed E-state index contributed by atoms with van der Waals surface area (Å²) >= 11 is 0. The van der Waals surface area contributed by atoms with Gasteiger partial charge < -0.3 is 19.4 Å². The summed E-state index contributed by atoms with van der Waals surface area (Å²) in [5.41, 5.74) is 0. The van der Waals surface area contributed by atoms with Gasteiger partial charge in [0.05, 0.1) is 25.8 Å². The van der Waals surface area contributed by atoms with E-state index in [9.17, 15) is 9.59 Å². The highest BCUT2D eigenvalue weighted by Crippen LogP contribution is 2.19. The van der Waals surface area contributed by atoms with Gasteiger partial charge in [-0.25, -0.2) is 0 Å². The Bertz CT molecular complexity index is 685. The van der Waals surface area contributed by atoms with Gasteiger partial charge in [-0.05, 0) is 37.1 Å². The minimum atomic E-state index is -0.404. The molecule has 1 atom stereocenters. The zero-order chi connectivity index (χ0) is 17.5. The Morgan fingerprint density at radius 3 is 2.80 bits per heavy atom. The van der Waals surface area contributed by atoms with E-state index in [2.05, 4.69) is 5.32 Å². The molecule has 6 nitrogen and oxygen atoms in total. The van der Waals surface area contributed by atoms with Crippen LogP contribution >= 0.6 is 0 Å². The summed E-state index contributed by atoms with van der Waals surface area (Å²) < 4.78 is 10.8. The van der Waals surface area contributed by atoms with Crippen LogP contribution in [0.4, 0.5) is 0 Å². The molecule has 25 heavy (non-hydrogen) atoms. The lowest BCUT2D eigenvalue weighted by atomic mass is 10.2. The van der Waals surface area contributed by atoms with Crippen molar-refractivity contribution >= 4 is 11.8 Å². The number of likely N-dealkylation sites (tertiary alicyclic amines) is 1. The maximum Gasteiger partial charge on any atom is 0.243 e. The molecular weight excluding hydrogens is 320 g/mol. The Kier molecular flexibility index (Phi) is 5.72. The van der Waals surface area contributed by atoms with Crippen molar-refractivity contribution in [3.05, 3.63) is 54.5 Å². The Labute approximate surface area is 146 Å². The third kappa shape index (κ3) is 4.62. The minimum Gasteiger partial charge on any atom is -0.493 e. The average molecular weight is 342 g/mol. The fraction of sp³-hybridized carbons (Fsp3) is 0.368. The zero-order valence-electron chi connectivity index (χ0n) is 14.0. The standard InChI is InChI=1S/C19H22N2O4/c22-18(10-13-25-15-6-2-1-3-7-15)21-11-4-9-17(21)19(23)20-14-16-8-5-12-24-16/h1-3,5-8,12,17H,4,9-11,13-14H2,(H,20,23)/t17-/m1/s1. The normalized spacial score (nSPS) is 16.6. The number of ether oxygens (including phenoxy) is 1. The van der Waals surface area contributed by atoms with E-state index in [-0.39, 0.29) is 18.2 Å². The molecule has 1 aromatic carbocycles.